The lowest BCUT2D eigenvalue weighted by atomic mass is 12.6. The maximum Gasteiger partial charge on any atom is 0.394 e. The van der Waals surface area contributed by atoms with E-state index in [9.17, 15) is 0 Å². The molecule has 0 saturated carbocycles. The summed E-state index contributed by atoms with van der Waals surface area (Å²) in [6.07, 6.45) is 0. The van der Waals surface area contributed by atoms with E-state index < -0.39 is 10.4 Å². The van der Waals surface area contributed by atoms with Gasteiger partial charge in [-0.05, 0) is 0 Å². The Morgan fingerprint density at radius 1 is 0.769 bits per heavy atom. The maximum absolute atomic E-state index is 8.74. The zero-order valence-corrected chi connectivity index (χ0v) is 7.03. The van der Waals surface area contributed by atoms with Gasteiger partial charge in [0.15, 0.2) is 0 Å². The summed E-state index contributed by atoms with van der Waals surface area (Å²) in [5, 5.41) is 10.6. The topological polar surface area (TPSA) is 228 Å². The van der Waals surface area contributed by atoms with Crippen molar-refractivity contribution in [3.05, 3.63) is 0 Å². The predicted molar refractivity (Wildman–Crippen MR) is 40.6 cm³/mol. The number of nitrogens with two attached hydrogens (primary N) is 4. The van der Waals surface area contributed by atoms with Crippen LogP contribution in [-0.2, 0) is 10.4 Å². The summed E-state index contributed by atoms with van der Waals surface area (Å²) in [6, 6.07) is 0. The summed E-state index contributed by atoms with van der Waals surface area (Å²) < 4.78 is 31.6. The molecule has 0 saturated heterocycles. The maximum atomic E-state index is 8.74. The first-order chi connectivity index (χ1) is 5.83. The molecule has 0 rings (SSSR count). The predicted octanol–water partition coefficient (Wildman–Crippen LogP) is -2.28. The molecule has 13 heteroatoms. The van der Waals surface area contributed by atoms with Crippen molar-refractivity contribution in [3.63, 3.8) is 0 Å². The molecule has 0 atom stereocenters. The zero-order chi connectivity index (χ0) is 11.3. The summed E-state index contributed by atoms with van der Waals surface area (Å²) in [5.41, 5.74) is 0. The van der Waals surface area contributed by atoms with E-state index in [1.165, 1.54) is 0 Å². The van der Waals surface area contributed by atoms with Crippen molar-refractivity contribution in [2.75, 3.05) is 0 Å². The molecule has 0 unspecified atom stereocenters. The third-order valence-electron chi connectivity index (χ3n) is 0.133. The molecule has 0 heterocycles. The van der Waals surface area contributed by atoms with E-state index in [-0.39, 0.29) is 0 Å². The molecule has 0 aliphatic heterocycles. The second-order valence-corrected chi connectivity index (χ2v) is 1.81. The molecule has 0 aromatic rings. The lowest BCUT2D eigenvalue weighted by Crippen LogP contribution is -1.89. The van der Waals surface area contributed by atoms with Gasteiger partial charge in [0.05, 0.1) is 0 Å². The molecule has 0 aromatic heterocycles. The average molecular weight is 218 g/mol. The molecular weight excluding hydrogens is 208 g/mol. The Labute approximate surface area is 73.2 Å². The van der Waals surface area contributed by atoms with E-state index in [1.54, 1.807) is 0 Å². The van der Waals surface area contributed by atoms with E-state index in [1.807, 2.05) is 0 Å². The minimum atomic E-state index is -4.67. The average Bonchev–Trinajstić information content (AvgIpc) is 2.01. The minimum absolute atomic E-state index is 2.64. The lowest BCUT2D eigenvalue weighted by molar-refractivity contribution is 0.381. The lowest BCUT2D eigenvalue weighted by Gasteiger charge is -1.68. The second kappa shape index (κ2) is 12.9. The van der Waals surface area contributed by atoms with Crippen LogP contribution in [0.3, 0.4) is 0 Å². The van der Waals surface area contributed by atoms with Crippen molar-refractivity contribution in [1.29, 1.82) is 0 Å². The van der Waals surface area contributed by atoms with Crippen LogP contribution in [0.15, 0.2) is 20.9 Å². The van der Waals surface area contributed by atoms with Crippen LogP contribution in [0.4, 0.5) is 0 Å². The van der Waals surface area contributed by atoms with Gasteiger partial charge in [-0.15, -0.1) is 0 Å². The van der Waals surface area contributed by atoms with Gasteiger partial charge < -0.3 is 23.4 Å². The Kier molecular flexibility index (Phi) is 17.3. The van der Waals surface area contributed by atoms with Gasteiger partial charge >= 0.3 is 10.4 Å². The van der Waals surface area contributed by atoms with E-state index in [4.69, 9.17) is 17.5 Å². The van der Waals surface area contributed by atoms with E-state index in [2.05, 4.69) is 44.3 Å². The highest BCUT2D eigenvalue weighted by molar-refractivity contribution is 7.79. The van der Waals surface area contributed by atoms with E-state index in [0.29, 0.717) is 0 Å². The fourth-order valence-corrected chi connectivity index (χ4v) is 0. The Hall–Kier alpha value is -1.73. The molecule has 0 aliphatic carbocycles. The van der Waals surface area contributed by atoms with E-state index in [0.717, 1.165) is 0 Å². The quantitative estimate of drug-likeness (QED) is 0.112. The summed E-state index contributed by atoms with van der Waals surface area (Å²) >= 11 is 0. The van der Waals surface area contributed by atoms with Crippen LogP contribution in [-0.4, -0.2) is 17.5 Å². The SMILES string of the molecule is NN=NN.NN=NN.O=S(=O)(O)O. The van der Waals surface area contributed by atoms with Crippen molar-refractivity contribution in [2.24, 2.45) is 44.3 Å². The van der Waals surface area contributed by atoms with Crippen LogP contribution in [0.5, 0.6) is 0 Å². The monoisotopic (exact) mass is 218 g/mol. The van der Waals surface area contributed by atoms with Gasteiger partial charge in [-0.1, -0.05) is 20.9 Å². The molecule has 0 amide bonds. The van der Waals surface area contributed by atoms with Crippen molar-refractivity contribution >= 4 is 10.4 Å². The molecule has 0 fully saturated rings. The molecule has 0 spiro atoms. The van der Waals surface area contributed by atoms with Crippen LogP contribution in [0.1, 0.15) is 0 Å². The van der Waals surface area contributed by atoms with Gasteiger partial charge in [0.1, 0.15) is 0 Å². The van der Waals surface area contributed by atoms with Gasteiger partial charge in [-0.2, -0.15) is 8.42 Å². The highest BCUT2D eigenvalue weighted by atomic mass is 32.3. The molecule has 12 nitrogen and oxygen atoms in total. The van der Waals surface area contributed by atoms with Gasteiger partial charge in [-0.25, -0.2) is 0 Å². The Morgan fingerprint density at radius 3 is 0.846 bits per heavy atom. The number of hydrogen-bond acceptors (Lipinski definition) is 6. The molecule has 0 bridgehead atoms. The minimum Gasteiger partial charge on any atom is -0.303 e. The fraction of sp³-hybridized carbons (Fsp3) is 0. The highest BCUT2D eigenvalue weighted by Gasteiger charge is 1.84. The number of hydrogen-bond donors (Lipinski definition) is 6. The fourth-order valence-electron chi connectivity index (χ4n) is 0. The van der Waals surface area contributed by atoms with Crippen LogP contribution in [0.2, 0.25) is 0 Å². The highest BCUT2D eigenvalue weighted by Crippen LogP contribution is 1.59. The third-order valence-corrected chi connectivity index (χ3v) is 0.133. The largest absolute Gasteiger partial charge is 0.394 e. The van der Waals surface area contributed by atoms with Gasteiger partial charge in [-0.3, -0.25) is 9.11 Å². The number of rotatable bonds is 0. The first-order valence-corrected chi connectivity index (χ1v) is 3.53. The summed E-state index contributed by atoms with van der Waals surface area (Å²) in [4.78, 5) is 0. The van der Waals surface area contributed by atoms with Gasteiger partial charge in [0.2, 0.25) is 0 Å². The Morgan fingerprint density at radius 2 is 0.846 bits per heavy atom. The molecule has 0 radical (unpaired) electrons. The van der Waals surface area contributed by atoms with Crippen molar-refractivity contribution in [2.45, 2.75) is 0 Å². The molecular formula is H10N8O4S. The van der Waals surface area contributed by atoms with E-state index >= 15 is 0 Å². The second-order valence-electron chi connectivity index (χ2n) is 0.910. The zero-order valence-electron chi connectivity index (χ0n) is 6.22. The van der Waals surface area contributed by atoms with Crippen LogP contribution in [0, 0.1) is 0 Å². The smallest absolute Gasteiger partial charge is 0.303 e. The first kappa shape index (κ1) is 17.4. The number of nitrogens with zero attached hydrogens (tertiary/aromatic N) is 4. The molecule has 13 heavy (non-hydrogen) atoms. The van der Waals surface area contributed by atoms with Crippen molar-refractivity contribution in [1.82, 2.24) is 0 Å². The van der Waals surface area contributed by atoms with Crippen LogP contribution >= 0.6 is 0 Å². The summed E-state index contributed by atoms with van der Waals surface area (Å²) in [6.45, 7) is 0. The molecule has 0 aliphatic rings. The third kappa shape index (κ3) is 9640. The van der Waals surface area contributed by atoms with Gasteiger partial charge in [0.25, 0.3) is 0 Å². The summed E-state index contributed by atoms with van der Waals surface area (Å²) in [7, 11) is -4.67. The van der Waals surface area contributed by atoms with Crippen LogP contribution in [0.25, 0.3) is 0 Å². The summed E-state index contributed by atoms with van der Waals surface area (Å²) in [5.74, 6) is 17.4. The first-order valence-electron chi connectivity index (χ1n) is 2.13. The normalized spacial score (nSPS) is 10.0. The van der Waals surface area contributed by atoms with Crippen molar-refractivity contribution < 1.29 is 17.5 Å². The molecule has 0 aromatic carbocycles. The van der Waals surface area contributed by atoms with Gasteiger partial charge in [0, 0.05) is 0 Å². The van der Waals surface area contributed by atoms with Crippen molar-refractivity contribution in [3.8, 4) is 0 Å². The molecule has 10 N–H and O–H groups in total. The Bertz CT molecular complexity index is 188. The van der Waals surface area contributed by atoms with Crippen LogP contribution < -0.4 is 23.4 Å². The Balaban J connectivity index is -0.000000117. The molecule has 80 valence electrons. The standard InChI is InChI=1S/2H4N4.H2O4S/c2*1-3-4-2;1-5(2,3)4/h2*(H2,1,4)(H2,2,3);(H2,1,2,3,4).